The molecule has 0 amide bonds. The highest BCUT2D eigenvalue weighted by Crippen LogP contribution is 2.42. The largest absolute Gasteiger partial charge is 0.0616 e. The minimum atomic E-state index is 1.38. The van der Waals surface area contributed by atoms with Crippen molar-refractivity contribution in [3.63, 3.8) is 0 Å². The topological polar surface area (TPSA) is 0 Å². The quantitative estimate of drug-likeness (QED) is 0.434. The van der Waals surface area contributed by atoms with Crippen LogP contribution in [0.1, 0.15) is 0 Å². The Hall–Kier alpha value is -1.30. The van der Waals surface area contributed by atoms with Crippen molar-refractivity contribution in [2.75, 3.05) is 0 Å². The molecule has 0 atom stereocenters. The normalized spacial score (nSPS) is 12.0. The Morgan fingerprint density at radius 2 is 1.80 bits per heavy atom. The summed E-state index contributed by atoms with van der Waals surface area (Å²) in [6, 6.07) is 13.0. The first-order chi connectivity index (χ1) is 4.95. The first-order valence-electron chi connectivity index (χ1n) is 3.48. The lowest BCUT2D eigenvalue weighted by atomic mass is 10.2. The smallest absolute Gasteiger partial charge is 0.00988 e. The van der Waals surface area contributed by atoms with Crippen molar-refractivity contribution in [2.45, 2.75) is 0 Å². The van der Waals surface area contributed by atoms with Crippen LogP contribution in [-0.2, 0) is 0 Å². The van der Waals surface area contributed by atoms with Gasteiger partial charge in [-0.1, -0.05) is 24.3 Å². The highest BCUT2D eigenvalue weighted by atomic mass is 14.2. The molecule has 0 radical (unpaired) electrons. The SMILES string of the molecule is c1ccc2c3cc-3cc2c1. The summed E-state index contributed by atoms with van der Waals surface area (Å²) in [4.78, 5) is 0. The lowest BCUT2D eigenvalue weighted by Crippen LogP contribution is -1.59. The average Bonchev–Trinajstić information content (AvgIpc) is 2.64. The van der Waals surface area contributed by atoms with Gasteiger partial charge in [0.15, 0.2) is 0 Å². The highest BCUT2D eigenvalue weighted by molar-refractivity contribution is 6.09. The van der Waals surface area contributed by atoms with Crippen LogP contribution >= 0.6 is 0 Å². The second-order valence-electron chi connectivity index (χ2n) is 2.74. The third-order valence-electron chi connectivity index (χ3n) is 2.09. The van der Waals surface area contributed by atoms with E-state index in [2.05, 4.69) is 36.4 Å². The van der Waals surface area contributed by atoms with E-state index in [1.165, 1.54) is 21.9 Å². The van der Waals surface area contributed by atoms with Gasteiger partial charge in [-0.3, -0.25) is 0 Å². The minimum Gasteiger partial charge on any atom is -0.0616 e. The van der Waals surface area contributed by atoms with E-state index in [4.69, 9.17) is 0 Å². The molecule has 1 aromatic carbocycles. The van der Waals surface area contributed by atoms with Crippen molar-refractivity contribution in [2.24, 2.45) is 0 Å². The van der Waals surface area contributed by atoms with E-state index in [0.29, 0.717) is 0 Å². The van der Waals surface area contributed by atoms with E-state index in [0.717, 1.165) is 0 Å². The monoisotopic (exact) mass is 126 g/mol. The van der Waals surface area contributed by atoms with E-state index in [1.807, 2.05) is 0 Å². The number of rotatable bonds is 0. The molecule has 0 heterocycles. The van der Waals surface area contributed by atoms with Gasteiger partial charge in [-0.15, -0.1) is 0 Å². The van der Waals surface area contributed by atoms with Gasteiger partial charge in [0, 0.05) is 0 Å². The zero-order valence-corrected chi connectivity index (χ0v) is 5.46. The van der Waals surface area contributed by atoms with Gasteiger partial charge in [0.25, 0.3) is 0 Å². The fourth-order valence-electron chi connectivity index (χ4n) is 1.51. The van der Waals surface area contributed by atoms with Crippen LogP contribution in [0, 0.1) is 0 Å². The molecule has 0 fully saturated rings. The standard InChI is InChI=1S/C10H6/c1-2-4-9-7(3-1)5-8-6-10(8)9/h1-6H. The molecule has 0 spiro atoms. The zero-order chi connectivity index (χ0) is 6.55. The van der Waals surface area contributed by atoms with Gasteiger partial charge in [0.05, 0.1) is 0 Å². The summed E-state index contributed by atoms with van der Waals surface area (Å²) in [6.45, 7) is 0. The molecule has 0 saturated heterocycles. The number of hydrogen-bond donors (Lipinski definition) is 0. The maximum atomic E-state index is 2.24. The molecule has 1 aromatic rings. The first kappa shape index (κ1) is 4.51. The number of hydrogen-bond acceptors (Lipinski definition) is 0. The summed E-state index contributed by atoms with van der Waals surface area (Å²) in [5.41, 5.74) is 2.89. The van der Waals surface area contributed by atoms with Crippen LogP contribution in [-0.4, -0.2) is 0 Å². The third-order valence-corrected chi connectivity index (χ3v) is 2.09. The predicted molar refractivity (Wildman–Crippen MR) is 42.9 cm³/mol. The van der Waals surface area contributed by atoms with E-state index in [9.17, 15) is 0 Å². The second-order valence-corrected chi connectivity index (χ2v) is 2.74. The van der Waals surface area contributed by atoms with Gasteiger partial charge in [-0.25, -0.2) is 0 Å². The molecule has 2 aliphatic rings. The molecule has 2 aliphatic carbocycles. The molecule has 0 nitrogen and oxygen atoms in total. The fraction of sp³-hybridized carbons (Fsp3) is 0. The molecule has 0 unspecified atom stereocenters. The van der Waals surface area contributed by atoms with Crippen molar-refractivity contribution in [3.8, 4) is 11.1 Å². The predicted octanol–water partition coefficient (Wildman–Crippen LogP) is 2.82. The summed E-state index contributed by atoms with van der Waals surface area (Å²) < 4.78 is 0. The molecule has 0 saturated carbocycles. The number of benzene rings is 2. The van der Waals surface area contributed by atoms with Crippen LogP contribution in [0.4, 0.5) is 0 Å². The lowest BCUT2D eigenvalue weighted by Gasteiger charge is -1.85. The van der Waals surface area contributed by atoms with Gasteiger partial charge in [-0.2, -0.15) is 0 Å². The summed E-state index contributed by atoms with van der Waals surface area (Å²) in [5.74, 6) is 0. The van der Waals surface area contributed by atoms with Gasteiger partial charge >= 0.3 is 0 Å². The van der Waals surface area contributed by atoms with Gasteiger partial charge in [0.2, 0.25) is 0 Å². The molecule has 0 aliphatic heterocycles. The van der Waals surface area contributed by atoms with Crippen molar-refractivity contribution in [3.05, 3.63) is 36.4 Å². The van der Waals surface area contributed by atoms with Gasteiger partial charge < -0.3 is 0 Å². The van der Waals surface area contributed by atoms with Crippen molar-refractivity contribution < 1.29 is 0 Å². The summed E-state index contributed by atoms with van der Waals surface area (Å²) >= 11 is 0. The highest BCUT2D eigenvalue weighted by Gasteiger charge is 2.15. The third kappa shape index (κ3) is 0.388. The van der Waals surface area contributed by atoms with E-state index in [1.54, 1.807) is 0 Å². The van der Waals surface area contributed by atoms with Crippen LogP contribution in [0.15, 0.2) is 36.4 Å². The van der Waals surface area contributed by atoms with Crippen LogP contribution in [0.2, 0.25) is 0 Å². The van der Waals surface area contributed by atoms with Crippen LogP contribution in [0.25, 0.3) is 21.9 Å². The second kappa shape index (κ2) is 1.24. The van der Waals surface area contributed by atoms with Gasteiger partial charge in [0.1, 0.15) is 0 Å². The Kier molecular flexibility index (Phi) is 0.558. The first-order valence-corrected chi connectivity index (χ1v) is 3.48. The van der Waals surface area contributed by atoms with Crippen LogP contribution in [0.3, 0.4) is 0 Å². The minimum absolute atomic E-state index is 1.38. The van der Waals surface area contributed by atoms with E-state index >= 15 is 0 Å². The Morgan fingerprint density at radius 1 is 0.900 bits per heavy atom. The van der Waals surface area contributed by atoms with Crippen LogP contribution in [0.5, 0.6) is 0 Å². The summed E-state index contributed by atoms with van der Waals surface area (Å²) in [6.07, 6.45) is 0. The average molecular weight is 126 g/mol. The fourth-order valence-corrected chi connectivity index (χ4v) is 1.51. The van der Waals surface area contributed by atoms with E-state index < -0.39 is 0 Å². The molecule has 0 aromatic heterocycles. The van der Waals surface area contributed by atoms with Crippen molar-refractivity contribution in [1.29, 1.82) is 0 Å². The van der Waals surface area contributed by atoms with Gasteiger partial charge in [-0.05, 0) is 34.0 Å². The Labute approximate surface area is 59.1 Å². The maximum Gasteiger partial charge on any atom is -0.00988 e. The van der Waals surface area contributed by atoms with E-state index in [-0.39, 0.29) is 0 Å². The lowest BCUT2D eigenvalue weighted by molar-refractivity contribution is 1.85. The molecule has 10 heavy (non-hydrogen) atoms. The molecular formula is C10H6. The van der Waals surface area contributed by atoms with Crippen molar-refractivity contribution >= 4 is 10.8 Å². The summed E-state index contributed by atoms with van der Waals surface area (Å²) in [5, 5.41) is 2.80. The Bertz CT molecular complexity index is 413. The molecular weight excluding hydrogens is 120 g/mol. The van der Waals surface area contributed by atoms with Crippen molar-refractivity contribution in [1.82, 2.24) is 0 Å². The molecule has 3 rings (SSSR count). The molecule has 46 valence electrons. The Balaban J connectivity index is 2.63. The maximum absolute atomic E-state index is 2.24. The van der Waals surface area contributed by atoms with Crippen LogP contribution < -0.4 is 0 Å². The molecule has 0 bridgehead atoms. The Morgan fingerprint density at radius 3 is 2.70 bits per heavy atom. The molecule has 0 N–H and O–H groups in total. The summed E-state index contributed by atoms with van der Waals surface area (Å²) in [7, 11) is 0. The number of fused-ring (bicyclic) bond motifs is 3. The molecule has 0 heteroatoms. The zero-order valence-electron chi connectivity index (χ0n) is 5.46.